The molecule has 9 heteroatoms. The van der Waals surface area contributed by atoms with Crippen molar-refractivity contribution in [2.75, 3.05) is 18.9 Å². The molecule has 0 unspecified atom stereocenters. The monoisotopic (exact) mass is 389 g/mol. The zero-order valence-electron chi connectivity index (χ0n) is 16.2. The van der Waals surface area contributed by atoms with Crippen LogP contribution in [0.5, 0.6) is 5.75 Å². The van der Waals surface area contributed by atoms with Gasteiger partial charge in [0.25, 0.3) is 5.56 Å². The molecule has 1 aromatic carbocycles. The van der Waals surface area contributed by atoms with Crippen LogP contribution >= 0.6 is 0 Å². The SMILES string of the molecule is CC(C)COc1cccc(C(=O)OCC(=O)c2c(N)n(C)c(=O)n(C)c2=O)c1. The summed E-state index contributed by atoms with van der Waals surface area (Å²) in [4.78, 5) is 48.6. The number of carbonyl (C=O) groups excluding carboxylic acids is 2. The van der Waals surface area contributed by atoms with Crippen LogP contribution in [0.2, 0.25) is 0 Å². The summed E-state index contributed by atoms with van der Waals surface area (Å²) in [7, 11) is 2.57. The summed E-state index contributed by atoms with van der Waals surface area (Å²) in [5, 5.41) is 0. The predicted octanol–water partition coefficient (Wildman–Crippen LogP) is 0.741. The summed E-state index contributed by atoms with van der Waals surface area (Å²) in [5.41, 5.74) is 4.03. The van der Waals surface area contributed by atoms with Crippen LogP contribution in [0.15, 0.2) is 33.9 Å². The van der Waals surface area contributed by atoms with Crippen LogP contribution in [0.3, 0.4) is 0 Å². The first-order valence-corrected chi connectivity index (χ1v) is 8.62. The minimum Gasteiger partial charge on any atom is -0.493 e. The highest BCUT2D eigenvalue weighted by molar-refractivity contribution is 6.02. The molecule has 0 aliphatic carbocycles. The number of nitrogens with zero attached hydrogens (tertiary/aromatic N) is 2. The molecule has 9 nitrogen and oxygen atoms in total. The van der Waals surface area contributed by atoms with E-state index in [4.69, 9.17) is 15.2 Å². The summed E-state index contributed by atoms with van der Waals surface area (Å²) < 4.78 is 12.3. The van der Waals surface area contributed by atoms with Crippen molar-refractivity contribution < 1.29 is 19.1 Å². The topological polar surface area (TPSA) is 123 Å². The fraction of sp³-hybridized carbons (Fsp3) is 0.368. The maximum Gasteiger partial charge on any atom is 0.338 e. The molecule has 2 aromatic rings. The number of nitrogen functional groups attached to an aromatic ring is 1. The molecule has 0 spiro atoms. The number of anilines is 1. The fourth-order valence-corrected chi connectivity index (χ4v) is 2.38. The average Bonchev–Trinajstić information content (AvgIpc) is 2.67. The lowest BCUT2D eigenvalue weighted by Gasteiger charge is -2.11. The second kappa shape index (κ2) is 8.55. The van der Waals surface area contributed by atoms with E-state index < -0.39 is 35.2 Å². The van der Waals surface area contributed by atoms with E-state index in [2.05, 4.69) is 0 Å². The number of nitrogens with two attached hydrogens (primary N) is 1. The number of rotatable bonds is 7. The molecule has 0 aliphatic heterocycles. The summed E-state index contributed by atoms with van der Waals surface area (Å²) in [6.07, 6.45) is 0. The first-order chi connectivity index (χ1) is 13.1. The lowest BCUT2D eigenvalue weighted by Crippen LogP contribution is -2.42. The van der Waals surface area contributed by atoms with Crippen molar-refractivity contribution in [1.82, 2.24) is 9.13 Å². The van der Waals surface area contributed by atoms with Crippen LogP contribution < -0.4 is 21.7 Å². The van der Waals surface area contributed by atoms with Gasteiger partial charge in [-0.3, -0.25) is 18.7 Å². The normalized spacial score (nSPS) is 10.8. The summed E-state index contributed by atoms with van der Waals surface area (Å²) in [5.74, 6) is -0.996. The second-order valence-electron chi connectivity index (χ2n) is 6.70. The van der Waals surface area contributed by atoms with Gasteiger partial charge in [0.05, 0.1) is 12.2 Å². The third-order valence-electron chi connectivity index (χ3n) is 3.98. The van der Waals surface area contributed by atoms with Gasteiger partial charge in [-0.15, -0.1) is 0 Å². The van der Waals surface area contributed by atoms with Crippen molar-refractivity contribution in [2.45, 2.75) is 13.8 Å². The Bertz CT molecular complexity index is 1020. The molecule has 28 heavy (non-hydrogen) atoms. The van der Waals surface area contributed by atoms with Gasteiger partial charge in [0, 0.05) is 14.1 Å². The van der Waals surface area contributed by atoms with E-state index in [-0.39, 0.29) is 11.4 Å². The molecule has 150 valence electrons. The summed E-state index contributed by atoms with van der Waals surface area (Å²) in [6.45, 7) is 3.80. The number of esters is 1. The highest BCUT2D eigenvalue weighted by Gasteiger charge is 2.21. The van der Waals surface area contributed by atoms with Crippen LogP contribution in [0.4, 0.5) is 5.82 Å². The van der Waals surface area contributed by atoms with Crippen molar-refractivity contribution in [3.8, 4) is 5.75 Å². The molecule has 0 fully saturated rings. The number of ketones is 1. The van der Waals surface area contributed by atoms with E-state index in [0.29, 0.717) is 18.3 Å². The van der Waals surface area contributed by atoms with Gasteiger partial charge >= 0.3 is 11.7 Å². The Balaban J connectivity index is 2.14. The second-order valence-corrected chi connectivity index (χ2v) is 6.70. The predicted molar refractivity (Wildman–Crippen MR) is 103 cm³/mol. The molecule has 0 radical (unpaired) electrons. The van der Waals surface area contributed by atoms with Gasteiger partial charge in [-0.25, -0.2) is 9.59 Å². The molecule has 0 aliphatic rings. The van der Waals surface area contributed by atoms with Crippen LogP contribution in [-0.2, 0) is 18.8 Å². The van der Waals surface area contributed by atoms with Crippen molar-refractivity contribution in [1.29, 1.82) is 0 Å². The number of hydrogen-bond acceptors (Lipinski definition) is 7. The third-order valence-corrected chi connectivity index (χ3v) is 3.98. The quantitative estimate of drug-likeness (QED) is 0.547. The largest absolute Gasteiger partial charge is 0.493 e. The molecule has 0 saturated carbocycles. The van der Waals surface area contributed by atoms with Gasteiger partial charge in [0.15, 0.2) is 6.61 Å². The molecule has 0 bridgehead atoms. The minimum atomic E-state index is -0.842. The Morgan fingerprint density at radius 3 is 2.46 bits per heavy atom. The Hall–Kier alpha value is -3.36. The van der Waals surface area contributed by atoms with Crippen molar-refractivity contribution in [2.24, 2.45) is 20.0 Å². The van der Waals surface area contributed by atoms with E-state index in [0.717, 1.165) is 9.13 Å². The van der Waals surface area contributed by atoms with Crippen LogP contribution in [0.25, 0.3) is 0 Å². The number of ether oxygens (including phenoxy) is 2. The molecule has 0 amide bonds. The number of aromatic nitrogens is 2. The zero-order chi connectivity index (χ0) is 21.0. The van der Waals surface area contributed by atoms with E-state index in [1.165, 1.54) is 26.2 Å². The standard InChI is InChI=1S/C19H23N3O6/c1-11(2)9-27-13-7-5-6-12(8-13)18(25)28-10-14(23)15-16(20)21(3)19(26)22(4)17(15)24/h5-8,11H,9-10,20H2,1-4H3. The highest BCUT2D eigenvalue weighted by Crippen LogP contribution is 2.15. The van der Waals surface area contributed by atoms with Gasteiger partial charge in [0.2, 0.25) is 5.78 Å². The van der Waals surface area contributed by atoms with Crippen LogP contribution in [0.1, 0.15) is 34.6 Å². The highest BCUT2D eigenvalue weighted by atomic mass is 16.5. The molecule has 0 atom stereocenters. The van der Waals surface area contributed by atoms with Crippen LogP contribution in [-0.4, -0.2) is 34.1 Å². The molecule has 0 saturated heterocycles. The Labute approximate surface area is 161 Å². The van der Waals surface area contributed by atoms with Gasteiger partial charge < -0.3 is 15.2 Å². The van der Waals surface area contributed by atoms with Gasteiger partial charge in [-0.2, -0.15) is 0 Å². The van der Waals surface area contributed by atoms with Crippen LogP contribution in [0, 0.1) is 5.92 Å². The molecule has 1 aromatic heterocycles. The lowest BCUT2D eigenvalue weighted by atomic mass is 10.2. The Morgan fingerprint density at radius 2 is 1.82 bits per heavy atom. The first kappa shape index (κ1) is 20.9. The van der Waals surface area contributed by atoms with Crippen molar-refractivity contribution in [3.63, 3.8) is 0 Å². The van der Waals surface area contributed by atoms with E-state index >= 15 is 0 Å². The Morgan fingerprint density at radius 1 is 1.14 bits per heavy atom. The fourth-order valence-electron chi connectivity index (χ4n) is 2.38. The van der Waals surface area contributed by atoms with Crippen molar-refractivity contribution in [3.05, 3.63) is 56.2 Å². The van der Waals surface area contributed by atoms with E-state index in [1.807, 2.05) is 13.8 Å². The number of carbonyl (C=O) groups is 2. The smallest absolute Gasteiger partial charge is 0.338 e. The lowest BCUT2D eigenvalue weighted by molar-refractivity contribution is 0.0473. The molecule has 2 N–H and O–H groups in total. The summed E-state index contributed by atoms with van der Waals surface area (Å²) >= 11 is 0. The minimum absolute atomic E-state index is 0.204. The zero-order valence-corrected chi connectivity index (χ0v) is 16.2. The maximum absolute atomic E-state index is 12.4. The van der Waals surface area contributed by atoms with Gasteiger partial charge in [-0.1, -0.05) is 19.9 Å². The van der Waals surface area contributed by atoms with E-state index in [1.54, 1.807) is 12.1 Å². The van der Waals surface area contributed by atoms with Gasteiger partial charge in [-0.05, 0) is 24.1 Å². The Kier molecular flexibility index (Phi) is 6.40. The number of benzene rings is 1. The third kappa shape index (κ3) is 4.48. The molecule has 2 rings (SSSR count). The first-order valence-electron chi connectivity index (χ1n) is 8.62. The van der Waals surface area contributed by atoms with E-state index in [9.17, 15) is 19.2 Å². The summed E-state index contributed by atoms with van der Waals surface area (Å²) in [6, 6.07) is 6.37. The average molecular weight is 389 g/mol. The maximum atomic E-state index is 12.4. The molecular formula is C19H23N3O6. The van der Waals surface area contributed by atoms with Gasteiger partial charge in [0.1, 0.15) is 17.1 Å². The number of hydrogen-bond donors (Lipinski definition) is 1. The number of Topliss-reactive ketones (excluding diaryl/α,β-unsaturated/α-hetero) is 1. The molecule has 1 heterocycles. The molecular weight excluding hydrogens is 366 g/mol. The van der Waals surface area contributed by atoms with Crippen molar-refractivity contribution >= 4 is 17.6 Å².